The number of ether oxygens (including phenoxy) is 2. The third-order valence-electron chi connectivity index (χ3n) is 5.42. The monoisotopic (exact) mass is 363 g/mol. The summed E-state index contributed by atoms with van der Waals surface area (Å²) in [6, 6.07) is 5.07. The van der Waals surface area contributed by atoms with E-state index in [9.17, 15) is 14.7 Å². The molecule has 0 spiro atoms. The van der Waals surface area contributed by atoms with E-state index in [0.29, 0.717) is 29.9 Å². The molecule has 2 rings (SSSR count). The highest BCUT2D eigenvalue weighted by Gasteiger charge is 2.35. The van der Waals surface area contributed by atoms with Crippen LogP contribution in [0.25, 0.3) is 0 Å². The first kappa shape index (κ1) is 20.1. The average Bonchev–Trinajstić information content (AvgIpc) is 3.16. The summed E-state index contributed by atoms with van der Waals surface area (Å²) in [7, 11) is 1.54. The summed E-state index contributed by atoms with van der Waals surface area (Å²) in [5, 5.41) is 12.2. The number of aliphatic carboxylic acids is 1. The number of hydrogen-bond donors (Lipinski definition) is 2. The van der Waals surface area contributed by atoms with Crippen LogP contribution in [-0.2, 0) is 4.79 Å². The van der Waals surface area contributed by atoms with Crippen LogP contribution < -0.4 is 14.8 Å². The second kappa shape index (κ2) is 8.92. The SMILES string of the molecule is CCC(CC)(CNC(=O)c1ccc(OC2CCCC2)c(OC)c1)C(=O)O. The number of methoxy groups -OCH3 is 1. The Kier molecular flexibility index (Phi) is 6.89. The molecule has 6 heteroatoms. The Labute approximate surface area is 154 Å². The molecule has 1 aromatic rings. The van der Waals surface area contributed by atoms with Crippen molar-refractivity contribution in [2.75, 3.05) is 13.7 Å². The number of benzene rings is 1. The van der Waals surface area contributed by atoms with Gasteiger partial charge in [0.1, 0.15) is 0 Å². The fourth-order valence-corrected chi connectivity index (χ4v) is 3.32. The van der Waals surface area contributed by atoms with Crippen LogP contribution in [0.2, 0.25) is 0 Å². The second-order valence-electron chi connectivity index (χ2n) is 6.87. The van der Waals surface area contributed by atoms with Gasteiger partial charge in [0.15, 0.2) is 11.5 Å². The normalized spacial score (nSPS) is 14.9. The van der Waals surface area contributed by atoms with Crippen LogP contribution in [0.3, 0.4) is 0 Å². The van der Waals surface area contributed by atoms with Crippen molar-refractivity contribution in [2.45, 2.75) is 58.5 Å². The molecule has 0 aromatic heterocycles. The van der Waals surface area contributed by atoms with Crippen LogP contribution >= 0.6 is 0 Å². The Bertz CT molecular complexity index is 633. The van der Waals surface area contributed by atoms with E-state index in [-0.39, 0.29) is 18.6 Å². The highest BCUT2D eigenvalue weighted by molar-refractivity contribution is 5.95. The number of carboxylic acids is 1. The Morgan fingerprint density at radius 3 is 2.38 bits per heavy atom. The molecule has 1 aliphatic carbocycles. The van der Waals surface area contributed by atoms with Gasteiger partial charge >= 0.3 is 5.97 Å². The molecule has 0 unspecified atom stereocenters. The van der Waals surface area contributed by atoms with E-state index < -0.39 is 11.4 Å². The number of amides is 1. The quantitative estimate of drug-likeness (QED) is 0.700. The maximum Gasteiger partial charge on any atom is 0.311 e. The molecule has 6 nitrogen and oxygen atoms in total. The third-order valence-corrected chi connectivity index (χ3v) is 5.42. The Morgan fingerprint density at radius 2 is 1.85 bits per heavy atom. The Hall–Kier alpha value is -2.24. The van der Waals surface area contributed by atoms with Gasteiger partial charge in [0, 0.05) is 12.1 Å². The van der Waals surface area contributed by atoms with Gasteiger partial charge in [0.05, 0.1) is 18.6 Å². The summed E-state index contributed by atoms with van der Waals surface area (Å²) in [6.45, 7) is 3.74. The van der Waals surface area contributed by atoms with Gasteiger partial charge in [-0.05, 0) is 56.7 Å². The van der Waals surface area contributed by atoms with Gasteiger partial charge in [-0.3, -0.25) is 9.59 Å². The van der Waals surface area contributed by atoms with E-state index in [4.69, 9.17) is 9.47 Å². The number of carbonyl (C=O) groups is 2. The maximum absolute atomic E-state index is 12.5. The smallest absolute Gasteiger partial charge is 0.311 e. The molecule has 26 heavy (non-hydrogen) atoms. The van der Waals surface area contributed by atoms with Gasteiger partial charge < -0.3 is 19.9 Å². The van der Waals surface area contributed by atoms with E-state index in [1.54, 1.807) is 25.3 Å². The second-order valence-corrected chi connectivity index (χ2v) is 6.87. The molecule has 1 saturated carbocycles. The summed E-state index contributed by atoms with van der Waals surface area (Å²) >= 11 is 0. The summed E-state index contributed by atoms with van der Waals surface area (Å²) in [5.74, 6) is -0.0538. The van der Waals surface area contributed by atoms with Crippen LogP contribution in [-0.4, -0.2) is 36.7 Å². The number of carboxylic acid groups (broad SMARTS) is 1. The van der Waals surface area contributed by atoms with E-state index in [2.05, 4.69) is 5.32 Å². The minimum Gasteiger partial charge on any atom is -0.493 e. The Balaban J connectivity index is 2.07. The zero-order chi connectivity index (χ0) is 19.2. The summed E-state index contributed by atoms with van der Waals surface area (Å²) < 4.78 is 11.4. The van der Waals surface area contributed by atoms with Gasteiger partial charge in [0.25, 0.3) is 5.91 Å². The van der Waals surface area contributed by atoms with Crippen molar-refractivity contribution in [3.63, 3.8) is 0 Å². The summed E-state index contributed by atoms with van der Waals surface area (Å²) in [5.41, 5.74) is -0.516. The zero-order valence-electron chi connectivity index (χ0n) is 15.8. The lowest BCUT2D eigenvalue weighted by atomic mass is 9.82. The zero-order valence-corrected chi connectivity index (χ0v) is 15.8. The van der Waals surface area contributed by atoms with Gasteiger partial charge in [-0.1, -0.05) is 13.8 Å². The molecule has 144 valence electrons. The van der Waals surface area contributed by atoms with Crippen molar-refractivity contribution in [1.82, 2.24) is 5.32 Å². The van der Waals surface area contributed by atoms with Crippen LogP contribution in [0.15, 0.2) is 18.2 Å². The molecule has 0 atom stereocenters. The van der Waals surface area contributed by atoms with Gasteiger partial charge in [-0.15, -0.1) is 0 Å². The summed E-state index contributed by atoms with van der Waals surface area (Å²) in [4.78, 5) is 24.0. The highest BCUT2D eigenvalue weighted by atomic mass is 16.5. The van der Waals surface area contributed by atoms with Gasteiger partial charge in [0.2, 0.25) is 0 Å². The number of hydrogen-bond acceptors (Lipinski definition) is 4. The predicted octanol–water partition coefficient (Wildman–Crippen LogP) is 3.64. The van der Waals surface area contributed by atoms with Crippen molar-refractivity contribution in [1.29, 1.82) is 0 Å². The topological polar surface area (TPSA) is 84.9 Å². The van der Waals surface area contributed by atoms with Crippen LogP contribution in [0.1, 0.15) is 62.7 Å². The first-order valence-electron chi connectivity index (χ1n) is 9.32. The molecular formula is C20H29NO5. The minimum atomic E-state index is -0.939. The highest BCUT2D eigenvalue weighted by Crippen LogP contribution is 2.32. The first-order valence-corrected chi connectivity index (χ1v) is 9.32. The van der Waals surface area contributed by atoms with Crippen LogP contribution in [0, 0.1) is 5.41 Å². The van der Waals surface area contributed by atoms with E-state index in [0.717, 1.165) is 12.8 Å². The number of nitrogens with one attached hydrogen (secondary N) is 1. The van der Waals surface area contributed by atoms with Crippen molar-refractivity contribution in [3.05, 3.63) is 23.8 Å². The summed E-state index contributed by atoms with van der Waals surface area (Å²) in [6.07, 6.45) is 5.54. The molecule has 0 heterocycles. The average molecular weight is 363 g/mol. The largest absolute Gasteiger partial charge is 0.493 e. The Morgan fingerprint density at radius 1 is 1.19 bits per heavy atom. The van der Waals surface area contributed by atoms with E-state index in [1.807, 2.05) is 13.8 Å². The standard InChI is InChI=1S/C20H29NO5/c1-4-20(5-2,19(23)24)13-21-18(22)14-10-11-16(17(12-14)25-3)26-15-8-6-7-9-15/h10-12,15H,4-9,13H2,1-3H3,(H,21,22)(H,23,24). The van der Waals surface area contributed by atoms with Gasteiger partial charge in [-0.2, -0.15) is 0 Å². The third kappa shape index (κ3) is 4.48. The number of rotatable bonds is 9. The van der Waals surface area contributed by atoms with Crippen LogP contribution in [0.5, 0.6) is 11.5 Å². The first-order chi connectivity index (χ1) is 12.5. The molecule has 0 bridgehead atoms. The fraction of sp³-hybridized carbons (Fsp3) is 0.600. The molecular weight excluding hydrogens is 334 g/mol. The van der Waals surface area contributed by atoms with Crippen LogP contribution in [0.4, 0.5) is 0 Å². The lowest BCUT2D eigenvalue weighted by molar-refractivity contribution is -0.149. The van der Waals surface area contributed by atoms with Gasteiger partial charge in [-0.25, -0.2) is 0 Å². The maximum atomic E-state index is 12.5. The van der Waals surface area contributed by atoms with Crippen molar-refractivity contribution in [2.24, 2.45) is 5.41 Å². The molecule has 0 radical (unpaired) electrons. The predicted molar refractivity (Wildman–Crippen MR) is 98.9 cm³/mol. The molecule has 1 aliphatic rings. The number of carbonyl (C=O) groups excluding carboxylic acids is 1. The minimum absolute atomic E-state index is 0.0941. The molecule has 0 aliphatic heterocycles. The van der Waals surface area contributed by atoms with E-state index in [1.165, 1.54) is 12.8 Å². The molecule has 1 amide bonds. The lowest BCUT2D eigenvalue weighted by Crippen LogP contribution is -2.42. The lowest BCUT2D eigenvalue weighted by Gasteiger charge is -2.26. The van der Waals surface area contributed by atoms with Crippen molar-refractivity contribution >= 4 is 11.9 Å². The molecule has 0 saturated heterocycles. The molecule has 2 N–H and O–H groups in total. The molecule has 1 fully saturated rings. The van der Waals surface area contributed by atoms with Crippen molar-refractivity contribution < 1.29 is 24.2 Å². The fourth-order valence-electron chi connectivity index (χ4n) is 3.32. The molecule has 1 aromatic carbocycles. The van der Waals surface area contributed by atoms with Crippen molar-refractivity contribution in [3.8, 4) is 11.5 Å². The van der Waals surface area contributed by atoms with E-state index >= 15 is 0 Å².